The summed E-state index contributed by atoms with van der Waals surface area (Å²) >= 11 is 0. The molecule has 2 aliphatic rings. The van der Waals surface area contributed by atoms with Crippen LogP contribution in [0.5, 0.6) is 0 Å². The van der Waals surface area contributed by atoms with Crippen molar-refractivity contribution in [2.45, 2.75) is 25.3 Å². The quantitative estimate of drug-likeness (QED) is 0.785. The molecule has 4 rings (SSSR count). The molecule has 0 radical (unpaired) electrons. The van der Waals surface area contributed by atoms with E-state index >= 15 is 0 Å². The van der Waals surface area contributed by atoms with Crippen LogP contribution in [-0.4, -0.2) is 48.2 Å². The van der Waals surface area contributed by atoms with Crippen LogP contribution in [0.4, 0.5) is 5.69 Å². The molecule has 1 atom stereocenters. The van der Waals surface area contributed by atoms with Gasteiger partial charge in [-0.3, -0.25) is 29.4 Å². The van der Waals surface area contributed by atoms with E-state index in [-0.39, 0.29) is 18.7 Å². The van der Waals surface area contributed by atoms with E-state index in [1.165, 1.54) is 5.56 Å². The molecule has 2 aromatic carbocycles. The van der Waals surface area contributed by atoms with Gasteiger partial charge in [-0.15, -0.1) is 0 Å². The molecule has 0 saturated carbocycles. The highest BCUT2D eigenvalue weighted by atomic mass is 16.2. The number of piperidine rings is 1. The SMILES string of the molecule is CN(CCc1ccccc1)c1ccc2c(c1)C(=O)N(C1CCC(=O)NC1=O)C2=O. The minimum Gasteiger partial charge on any atom is -0.374 e. The number of hydrogen-bond acceptors (Lipinski definition) is 5. The first kappa shape index (κ1) is 18.9. The third-order valence-corrected chi connectivity index (χ3v) is 5.44. The standard InChI is InChI=1S/C22H21N3O4/c1-24(12-11-14-5-3-2-4-6-14)15-7-8-16-17(13-15)22(29)25(21(16)28)18-9-10-19(26)23-20(18)27/h2-8,13,18H,9-12H2,1H3,(H,23,26,27). The number of imide groups is 2. The number of hydrogen-bond donors (Lipinski definition) is 1. The molecular formula is C22H21N3O4. The molecule has 0 spiro atoms. The van der Waals surface area contributed by atoms with Gasteiger partial charge in [-0.2, -0.15) is 0 Å². The number of nitrogens with zero attached hydrogens (tertiary/aromatic N) is 2. The Morgan fingerprint density at radius 1 is 1.00 bits per heavy atom. The Morgan fingerprint density at radius 3 is 2.45 bits per heavy atom. The van der Waals surface area contributed by atoms with Gasteiger partial charge in [0.2, 0.25) is 11.8 Å². The van der Waals surface area contributed by atoms with E-state index in [1.54, 1.807) is 12.1 Å². The molecule has 1 fully saturated rings. The van der Waals surface area contributed by atoms with Gasteiger partial charge in [-0.25, -0.2) is 0 Å². The van der Waals surface area contributed by atoms with Crippen LogP contribution in [0.25, 0.3) is 0 Å². The van der Waals surface area contributed by atoms with E-state index < -0.39 is 23.8 Å². The fraction of sp³-hybridized carbons (Fsp3) is 0.273. The van der Waals surface area contributed by atoms with E-state index in [4.69, 9.17) is 0 Å². The number of anilines is 1. The van der Waals surface area contributed by atoms with Crippen molar-refractivity contribution in [2.75, 3.05) is 18.5 Å². The third kappa shape index (κ3) is 3.51. The van der Waals surface area contributed by atoms with Crippen molar-refractivity contribution in [2.24, 2.45) is 0 Å². The molecule has 0 aliphatic carbocycles. The van der Waals surface area contributed by atoms with Crippen LogP contribution in [0.2, 0.25) is 0 Å². The van der Waals surface area contributed by atoms with Crippen LogP contribution >= 0.6 is 0 Å². The number of carbonyl (C=O) groups is 4. The van der Waals surface area contributed by atoms with Gasteiger partial charge in [-0.05, 0) is 36.6 Å². The van der Waals surface area contributed by atoms with Gasteiger partial charge < -0.3 is 4.90 Å². The predicted molar refractivity (Wildman–Crippen MR) is 107 cm³/mol. The molecule has 1 saturated heterocycles. The van der Waals surface area contributed by atoms with Gasteiger partial charge in [0.05, 0.1) is 11.1 Å². The summed E-state index contributed by atoms with van der Waals surface area (Å²) in [4.78, 5) is 52.2. The van der Waals surface area contributed by atoms with Crippen molar-refractivity contribution in [1.82, 2.24) is 10.2 Å². The van der Waals surface area contributed by atoms with Gasteiger partial charge in [0.25, 0.3) is 11.8 Å². The maximum Gasteiger partial charge on any atom is 0.262 e. The fourth-order valence-corrected chi connectivity index (χ4v) is 3.77. The number of likely N-dealkylation sites (N-methyl/N-ethyl adjacent to an activating group) is 1. The fourth-order valence-electron chi connectivity index (χ4n) is 3.77. The zero-order valence-corrected chi connectivity index (χ0v) is 16.1. The summed E-state index contributed by atoms with van der Waals surface area (Å²) in [5, 5.41) is 2.20. The van der Waals surface area contributed by atoms with Gasteiger partial charge in [0, 0.05) is 25.7 Å². The average Bonchev–Trinajstić information content (AvgIpc) is 2.97. The summed E-state index contributed by atoms with van der Waals surface area (Å²) in [5.74, 6) is -1.96. The Bertz CT molecular complexity index is 1000. The van der Waals surface area contributed by atoms with E-state index in [1.807, 2.05) is 36.2 Å². The Kier molecular flexibility index (Phi) is 4.88. The smallest absolute Gasteiger partial charge is 0.262 e. The van der Waals surface area contributed by atoms with Crippen LogP contribution in [0.15, 0.2) is 48.5 Å². The van der Waals surface area contributed by atoms with Crippen molar-refractivity contribution < 1.29 is 19.2 Å². The summed E-state index contributed by atoms with van der Waals surface area (Å²) in [5.41, 5.74) is 2.63. The number of nitrogens with one attached hydrogen (secondary N) is 1. The Morgan fingerprint density at radius 2 is 1.72 bits per heavy atom. The number of fused-ring (bicyclic) bond motifs is 1. The summed E-state index contributed by atoms with van der Waals surface area (Å²) in [6.45, 7) is 0.752. The second-order valence-corrected chi connectivity index (χ2v) is 7.33. The first-order valence-electron chi connectivity index (χ1n) is 9.56. The Hall–Kier alpha value is -3.48. The molecule has 0 bridgehead atoms. The van der Waals surface area contributed by atoms with Crippen molar-refractivity contribution >= 4 is 29.3 Å². The summed E-state index contributed by atoms with van der Waals surface area (Å²) < 4.78 is 0. The lowest BCUT2D eigenvalue weighted by atomic mass is 10.0. The maximum absolute atomic E-state index is 12.9. The summed E-state index contributed by atoms with van der Waals surface area (Å²) in [6, 6.07) is 14.3. The van der Waals surface area contributed by atoms with Crippen molar-refractivity contribution in [3.63, 3.8) is 0 Å². The monoisotopic (exact) mass is 391 g/mol. The third-order valence-electron chi connectivity index (χ3n) is 5.44. The normalized spacial score (nSPS) is 18.7. The van der Waals surface area contributed by atoms with Gasteiger partial charge in [-0.1, -0.05) is 30.3 Å². The average molecular weight is 391 g/mol. The first-order chi connectivity index (χ1) is 14.0. The highest BCUT2D eigenvalue weighted by Crippen LogP contribution is 2.30. The number of amides is 4. The zero-order chi connectivity index (χ0) is 20.5. The van der Waals surface area contributed by atoms with Crippen molar-refractivity contribution in [3.05, 3.63) is 65.2 Å². The van der Waals surface area contributed by atoms with Crippen LogP contribution in [0.3, 0.4) is 0 Å². The molecule has 2 aromatic rings. The lowest BCUT2D eigenvalue weighted by Crippen LogP contribution is -2.54. The lowest BCUT2D eigenvalue weighted by Gasteiger charge is -2.27. The highest BCUT2D eigenvalue weighted by Gasteiger charge is 2.44. The molecule has 2 heterocycles. The van der Waals surface area contributed by atoms with Crippen LogP contribution in [0, 0.1) is 0 Å². The maximum atomic E-state index is 12.9. The molecule has 1 unspecified atom stereocenters. The molecular weight excluding hydrogens is 370 g/mol. The topological polar surface area (TPSA) is 86.8 Å². The van der Waals surface area contributed by atoms with Crippen molar-refractivity contribution in [3.8, 4) is 0 Å². The molecule has 1 N–H and O–H groups in total. The number of rotatable bonds is 5. The minimum atomic E-state index is -0.945. The largest absolute Gasteiger partial charge is 0.374 e. The number of carbonyl (C=O) groups excluding carboxylic acids is 4. The van der Waals surface area contributed by atoms with Crippen molar-refractivity contribution in [1.29, 1.82) is 0 Å². The second kappa shape index (κ2) is 7.50. The van der Waals surface area contributed by atoms with Crippen LogP contribution in [0.1, 0.15) is 39.1 Å². The van der Waals surface area contributed by atoms with E-state index in [0.717, 1.165) is 23.6 Å². The highest BCUT2D eigenvalue weighted by molar-refractivity contribution is 6.23. The van der Waals surface area contributed by atoms with E-state index in [9.17, 15) is 19.2 Å². The Balaban J connectivity index is 1.52. The lowest BCUT2D eigenvalue weighted by molar-refractivity contribution is -0.136. The van der Waals surface area contributed by atoms with E-state index in [0.29, 0.717) is 11.1 Å². The van der Waals surface area contributed by atoms with Gasteiger partial charge in [0.1, 0.15) is 6.04 Å². The molecule has 148 valence electrons. The Labute approximate surface area is 168 Å². The molecule has 2 aliphatic heterocycles. The first-order valence-corrected chi connectivity index (χ1v) is 9.56. The summed E-state index contributed by atoms with van der Waals surface area (Å²) in [7, 11) is 1.93. The molecule has 7 nitrogen and oxygen atoms in total. The van der Waals surface area contributed by atoms with Gasteiger partial charge >= 0.3 is 0 Å². The molecule has 29 heavy (non-hydrogen) atoms. The molecule has 7 heteroatoms. The zero-order valence-electron chi connectivity index (χ0n) is 16.1. The van der Waals surface area contributed by atoms with Crippen LogP contribution < -0.4 is 10.2 Å². The van der Waals surface area contributed by atoms with Crippen LogP contribution in [-0.2, 0) is 16.0 Å². The predicted octanol–water partition coefficient (Wildman–Crippen LogP) is 1.77. The number of benzene rings is 2. The van der Waals surface area contributed by atoms with Gasteiger partial charge in [0.15, 0.2) is 0 Å². The second-order valence-electron chi connectivity index (χ2n) is 7.33. The molecule has 4 amide bonds. The summed E-state index contributed by atoms with van der Waals surface area (Å²) in [6.07, 6.45) is 1.11. The molecule has 0 aromatic heterocycles. The minimum absolute atomic E-state index is 0.108. The van der Waals surface area contributed by atoms with E-state index in [2.05, 4.69) is 17.4 Å².